The van der Waals surface area contributed by atoms with Gasteiger partial charge < -0.3 is 15.0 Å². The molecule has 0 unspecified atom stereocenters. The van der Waals surface area contributed by atoms with Gasteiger partial charge in [0.05, 0.1) is 22.7 Å². The molecule has 0 saturated carbocycles. The highest BCUT2D eigenvalue weighted by Crippen LogP contribution is 2.32. The number of amides is 2. The van der Waals surface area contributed by atoms with Crippen molar-refractivity contribution in [2.24, 2.45) is 5.92 Å². The summed E-state index contributed by atoms with van der Waals surface area (Å²) in [5.74, 6) is -0.271. The number of carbonyl (C=O) groups is 2. The highest BCUT2D eigenvalue weighted by atomic mass is 35.5. The molecule has 0 aliphatic rings. The second-order valence-corrected chi connectivity index (χ2v) is 12.2. The van der Waals surface area contributed by atoms with E-state index in [1.165, 1.54) is 36.3 Å². The predicted molar refractivity (Wildman–Crippen MR) is 158 cm³/mol. The summed E-state index contributed by atoms with van der Waals surface area (Å²) in [5, 5.41) is 3.07. The second-order valence-electron chi connectivity index (χ2n) is 9.97. The van der Waals surface area contributed by atoms with E-state index >= 15 is 0 Å². The van der Waals surface area contributed by atoms with E-state index in [1.54, 1.807) is 31.2 Å². The Morgan fingerprint density at radius 1 is 0.975 bits per heavy atom. The smallest absolute Gasteiger partial charge is 0.264 e. The van der Waals surface area contributed by atoms with Gasteiger partial charge in [0, 0.05) is 13.1 Å². The van der Waals surface area contributed by atoms with Gasteiger partial charge in [-0.1, -0.05) is 73.5 Å². The van der Waals surface area contributed by atoms with Crippen LogP contribution in [0, 0.1) is 12.8 Å². The Bertz CT molecular complexity index is 1410. The van der Waals surface area contributed by atoms with Crippen LogP contribution in [0.2, 0.25) is 5.02 Å². The third kappa shape index (κ3) is 7.76. The number of anilines is 1. The number of nitrogens with one attached hydrogen (secondary N) is 1. The molecule has 10 heteroatoms. The molecule has 3 aromatic rings. The van der Waals surface area contributed by atoms with Crippen molar-refractivity contribution >= 4 is 39.1 Å². The summed E-state index contributed by atoms with van der Waals surface area (Å²) < 4.78 is 33.9. The summed E-state index contributed by atoms with van der Waals surface area (Å²) in [6.45, 7) is 7.59. The number of methoxy groups -OCH3 is 1. The van der Waals surface area contributed by atoms with Crippen LogP contribution in [0.25, 0.3) is 0 Å². The van der Waals surface area contributed by atoms with E-state index in [9.17, 15) is 18.0 Å². The Labute approximate surface area is 241 Å². The fourth-order valence-corrected chi connectivity index (χ4v) is 5.66. The molecule has 0 aliphatic heterocycles. The predicted octanol–water partition coefficient (Wildman–Crippen LogP) is 5.04. The first kappa shape index (κ1) is 31.0. The minimum absolute atomic E-state index is 0.0163. The number of rotatable bonds is 12. The molecule has 2 amide bonds. The zero-order chi connectivity index (χ0) is 29.4. The van der Waals surface area contributed by atoms with E-state index in [0.29, 0.717) is 12.3 Å². The van der Waals surface area contributed by atoms with Crippen molar-refractivity contribution in [1.29, 1.82) is 0 Å². The van der Waals surface area contributed by atoms with Crippen LogP contribution in [0.4, 0.5) is 5.69 Å². The lowest BCUT2D eigenvalue weighted by atomic mass is 10.1. The van der Waals surface area contributed by atoms with E-state index < -0.39 is 28.5 Å². The Kier molecular flexibility index (Phi) is 10.6. The summed E-state index contributed by atoms with van der Waals surface area (Å²) in [6, 6.07) is 19.1. The van der Waals surface area contributed by atoms with E-state index in [1.807, 2.05) is 45.0 Å². The normalized spacial score (nSPS) is 12.1. The lowest BCUT2D eigenvalue weighted by Gasteiger charge is -2.32. The van der Waals surface area contributed by atoms with Crippen LogP contribution in [-0.4, -0.2) is 51.4 Å². The van der Waals surface area contributed by atoms with Gasteiger partial charge in [0.1, 0.15) is 18.3 Å². The molecular weight excluding hydrogens is 550 g/mol. The molecule has 0 heterocycles. The maximum absolute atomic E-state index is 14.0. The molecule has 0 aliphatic carbocycles. The molecule has 1 N–H and O–H groups in total. The molecule has 0 radical (unpaired) electrons. The SMILES string of the molecule is COc1ccc(N(CC(=O)N(Cc2ccc(C)cc2)[C@@H](C)C(=O)NCC(C)C)S(=O)(=O)c2ccccc2)cc1Cl. The van der Waals surface area contributed by atoms with Crippen LogP contribution >= 0.6 is 11.6 Å². The summed E-state index contributed by atoms with van der Waals surface area (Å²) in [4.78, 5) is 28.4. The number of ether oxygens (including phenoxy) is 1. The first-order chi connectivity index (χ1) is 18.9. The number of benzene rings is 3. The third-order valence-corrected chi connectivity index (χ3v) is 8.44. The molecule has 0 saturated heterocycles. The largest absolute Gasteiger partial charge is 0.495 e. The van der Waals surface area contributed by atoms with Gasteiger partial charge >= 0.3 is 0 Å². The van der Waals surface area contributed by atoms with Gasteiger partial charge in [0.15, 0.2) is 0 Å². The first-order valence-corrected chi connectivity index (χ1v) is 14.8. The van der Waals surface area contributed by atoms with Crippen molar-refractivity contribution < 1.29 is 22.7 Å². The second kappa shape index (κ2) is 13.7. The Balaban J connectivity index is 2.03. The molecule has 0 fully saturated rings. The van der Waals surface area contributed by atoms with Crippen LogP contribution in [-0.2, 0) is 26.2 Å². The number of sulfonamides is 1. The standard InChI is InChI=1S/C30H36ClN3O5S/c1-21(2)18-32-30(36)23(4)33(19-24-13-11-22(3)12-14-24)29(35)20-34(25-15-16-28(39-5)27(31)17-25)40(37,38)26-9-7-6-8-10-26/h6-17,21,23H,18-20H2,1-5H3,(H,32,36)/t23-/m0/s1. The monoisotopic (exact) mass is 585 g/mol. The van der Waals surface area contributed by atoms with Gasteiger partial charge in [-0.2, -0.15) is 0 Å². The van der Waals surface area contributed by atoms with E-state index in [-0.39, 0.29) is 34.0 Å². The van der Waals surface area contributed by atoms with Crippen LogP contribution in [0.5, 0.6) is 5.75 Å². The van der Waals surface area contributed by atoms with E-state index in [4.69, 9.17) is 16.3 Å². The minimum atomic E-state index is -4.18. The van der Waals surface area contributed by atoms with Crippen LogP contribution < -0.4 is 14.4 Å². The van der Waals surface area contributed by atoms with Crippen molar-refractivity contribution in [2.75, 3.05) is 24.5 Å². The molecule has 40 heavy (non-hydrogen) atoms. The van der Waals surface area contributed by atoms with Crippen molar-refractivity contribution in [3.05, 3.63) is 88.9 Å². The number of hydrogen-bond donors (Lipinski definition) is 1. The lowest BCUT2D eigenvalue weighted by molar-refractivity contribution is -0.139. The number of nitrogens with zero attached hydrogens (tertiary/aromatic N) is 2. The van der Waals surface area contributed by atoms with Crippen LogP contribution in [0.15, 0.2) is 77.7 Å². The van der Waals surface area contributed by atoms with Crippen molar-refractivity contribution in [1.82, 2.24) is 10.2 Å². The maximum atomic E-state index is 14.0. The fraction of sp³-hybridized carbons (Fsp3) is 0.333. The Hall–Kier alpha value is -3.56. The van der Waals surface area contributed by atoms with Crippen LogP contribution in [0.3, 0.4) is 0 Å². The topological polar surface area (TPSA) is 96.0 Å². The zero-order valence-electron chi connectivity index (χ0n) is 23.4. The molecule has 3 aromatic carbocycles. The average molecular weight is 586 g/mol. The summed E-state index contributed by atoms with van der Waals surface area (Å²) >= 11 is 6.35. The third-order valence-electron chi connectivity index (χ3n) is 6.36. The summed E-state index contributed by atoms with van der Waals surface area (Å²) in [7, 11) is -2.72. The number of carbonyl (C=O) groups excluding carboxylic acids is 2. The van der Waals surface area contributed by atoms with Crippen LogP contribution in [0.1, 0.15) is 31.9 Å². The van der Waals surface area contributed by atoms with Gasteiger partial charge in [-0.3, -0.25) is 13.9 Å². The van der Waals surface area contributed by atoms with Gasteiger partial charge in [0.2, 0.25) is 11.8 Å². The molecule has 3 rings (SSSR count). The van der Waals surface area contributed by atoms with Crippen molar-refractivity contribution in [2.45, 2.75) is 45.2 Å². The number of hydrogen-bond acceptors (Lipinski definition) is 5. The van der Waals surface area contributed by atoms with Crippen molar-refractivity contribution in [3.63, 3.8) is 0 Å². The Morgan fingerprint density at radius 3 is 2.20 bits per heavy atom. The molecule has 0 aromatic heterocycles. The first-order valence-electron chi connectivity index (χ1n) is 13.0. The summed E-state index contributed by atoms with van der Waals surface area (Å²) in [5.41, 5.74) is 2.06. The minimum Gasteiger partial charge on any atom is -0.495 e. The average Bonchev–Trinajstić information content (AvgIpc) is 2.94. The van der Waals surface area contributed by atoms with Gasteiger partial charge in [-0.15, -0.1) is 0 Å². The van der Waals surface area contributed by atoms with Gasteiger partial charge in [0.25, 0.3) is 10.0 Å². The quantitative estimate of drug-likeness (QED) is 0.321. The van der Waals surface area contributed by atoms with E-state index in [0.717, 1.165) is 15.4 Å². The lowest BCUT2D eigenvalue weighted by Crippen LogP contribution is -2.51. The molecular formula is C30H36ClN3O5S. The van der Waals surface area contributed by atoms with E-state index in [2.05, 4.69) is 5.32 Å². The maximum Gasteiger partial charge on any atom is 0.264 e. The highest BCUT2D eigenvalue weighted by molar-refractivity contribution is 7.92. The summed E-state index contributed by atoms with van der Waals surface area (Å²) in [6.07, 6.45) is 0. The molecule has 0 bridgehead atoms. The number of aryl methyl sites for hydroxylation is 1. The molecule has 0 spiro atoms. The molecule has 1 atom stereocenters. The zero-order valence-corrected chi connectivity index (χ0v) is 25.0. The number of halogens is 1. The van der Waals surface area contributed by atoms with Gasteiger partial charge in [-0.05, 0) is 55.7 Å². The van der Waals surface area contributed by atoms with Gasteiger partial charge in [-0.25, -0.2) is 8.42 Å². The van der Waals surface area contributed by atoms with Crippen molar-refractivity contribution in [3.8, 4) is 5.75 Å². The fourth-order valence-electron chi connectivity index (χ4n) is 3.98. The highest BCUT2D eigenvalue weighted by Gasteiger charge is 2.32. The molecule has 214 valence electrons. The molecule has 8 nitrogen and oxygen atoms in total. The Morgan fingerprint density at radius 2 is 1.62 bits per heavy atom.